The van der Waals surface area contributed by atoms with Gasteiger partial charge in [0.25, 0.3) is 0 Å². The third kappa shape index (κ3) is 5.98. The quantitative estimate of drug-likeness (QED) is 0.318. The van der Waals surface area contributed by atoms with Crippen LogP contribution >= 0.6 is 11.8 Å². The molecular weight excluding hydrogens is 425 g/mol. The molecule has 0 radical (unpaired) electrons. The summed E-state index contributed by atoms with van der Waals surface area (Å²) in [6, 6.07) is 8.52. The molecule has 8 nitrogen and oxygen atoms in total. The minimum Gasteiger partial charge on any atom is -0.454 e. The molecule has 10 heteroatoms. The molecular formula is C21H18FN3O5S. The maximum Gasteiger partial charge on any atom is 0.341 e. The number of aryl methyl sites for hydroxylation is 1. The lowest BCUT2D eigenvalue weighted by Crippen LogP contribution is -2.16. The molecule has 0 bridgehead atoms. The Kier molecular flexibility index (Phi) is 7.14. The summed E-state index contributed by atoms with van der Waals surface area (Å²) in [4.78, 5) is 40.0. The number of amides is 1. The van der Waals surface area contributed by atoms with Crippen molar-refractivity contribution in [1.29, 1.82) is 0 Å². The fourth-order valence-corrected chi connectivity index (χ4v) is 3.46. The number of nitrogens with zero attached hydrogens (tertiary/aromatic N) is 2. The maximum atomic E-state index is 14.2. The molecule has 0 atom stereocenters. The van der Waals surface area contributed by atoms with E-state index in [-0.39, 0.29) is 22.7 Å². The molecule has 2 heterocycles. The normalized spacial score (nSPS) is 10.5. The second-order valence-corrected chi connectivity index (χ2v) is 7.41. The maximum absolute atomic E-state index is 14.2. The molecule has 0 spiro atoms. The Balaban J connectivity index is 1.63. The minimum absolute atomic E-state index is 0.182. The number of nitrogens with one attached hydrogen (secondary N) is 1. The van der Waals surface area contributed by atoms with Gasteiger partial charge in [-0.15, -0.1) is 0 Å². The molecule has 0 aliphatic heterocycles. The molecule has 0 saturated heterocycles. The Morgan fingerprint density at radius 1 is 1.19 bits per heavy atom. The molecule has 1 N–H and O–H groups in total. The zero-order chi connectivity index (χ0) is 22.4. The first-order valence-corrected chi connectivity index (χ1v) is 10.1. The largest absolute Gasteiger partial charge is 0.454 e. The lowest BCUT2D eigenvalue weighted by Gasteiger charge is -2.09. The van der Waals surface area contributed by atoms with Gasteiger partial charge in [0, 0.05) is 30.6 Å². The third-order valence-corrected chi connectivity index (χ3v) is 4.99. The van der Waals surface area contributed by atoms with E-state index in [0.717, 1.165) is 6.07 Å². The van der Waals surface area contributed by atoms with Gasteiger partial charge < -0.3 is 14.6 Å². The highest BCUT2D eigenvalue weighted by atomic mass is 32.2. The van der Waals surface area contributed by atoms with Crippen molar-refractivity contribution in [3.63, 3.8) is 0 Å². The van der Waals surface area contributed by atoms with E-state index in [0.29, 0.717) is 22.2 Å². The van der Waals surface area contributed by atoms with E-state index in [4.69, 9.17) is 9.26 Å². The standard InChI is InChI=1S/C21H18FN3O5S/c1-12-8-15(25-30-12)11-31-20-17(4-3-7-23-20)21(28)29-10-19(27)16-6-5-14(9-18(16)22)24-13(2)26/h3-9H,10-11H2,1-2H3,(H,24,26). The van der Waals surface area contributed by atoms with Crippen molar-refractivity contribution in [3.8, 4) is 0 Å². The van der Waals surface area contributed by atoms with Gasteiger partial charge in [-0.05, 0) is 37.3 Å². The van der Waals surface area contributed by atoms with E-state index in [2.05, 4.69) is 15.5 Å². The molecule has 3 rings (SSSR count). The van der Waals surface area contributed by atoms with Crippen LogP contribution in [0.4, 0.5) is 10.1 Å². The van der Waals surface area contributed by atoms with Crippen LogP contribution in [0.3, 0.4) is 0 Å². The van der Waals surface area contributed by atoms with Crippen LogP contribution in [0.1, 0.15) is 39.1 Å². The number of halogens is 1. The molecule has 31 heavy (non-hydrogen) atoms. The van der Waals surface area contributed by atoms with Gasteiger partial charge in [0.2, 0.25) is 11.7 Å². The number of anilines is 1. The number of rotatable bonds is 8. The van der Waals surface area contributed by atoms with Gasteiger partial charge >= 0.3 is 5.97 Å². The molecule has 1 aromatic carbocycles. The monoisotopic (exact) mass is 443 g/mol. The van der Waals surface area contributed by atoms with Gasteiger partial charge in [-0.2, -0.15) is 0 Å². The van der Waals surface area contributed by atoms with Crippen LogP contribution in [0.15, 0.2) is 52.1 Å². The lowest BCUT2D eigenvalue weighted by atomic mass is 10.1. The minimum atomic E-state index is -0.826. The van der Waals surface area contributed by atoms with Crippen LogP contribution in [0.2, 0.25) is 0 Å². The number of ketones is 1. The van der Waals surface area contributed by atoms with Gasteiger partial charge in [-0.25, -0.2) is 14.2 Å². The smallest absolute Gasteiger partial charge is 0.341 e. The van der Waals surface area contributed by atoms with Crippen molar-refractivity contribution in [2.24, 2.45) is 0 Å². The molecule has 1 amide bonds. The van der Waals surface area contributed by atoms with Crippen LogP contribution in [0.25, 0.3) is 0 Å². The number of hydrogen-bond donors (Lipinski definition) is 1. The van der Waals surface area contributed by atoms with Crippen molar-refractivity contribution in [2.45, 2.75) is 24.6 Å². The number of carbonyl (C=O) groups is 3. The van der Waals surface area contributed by atoms with Crippen LogP contribution in [0.5, 0.6) is 0 Å². The number of aromatic nitrogens is 2. The zero-order valence-electron chi connectivity index (χ0n) is 16.7. The first-order chi connectivity index (χ1) is 14.8. The summed E-state index contributed by atoms with van der Waals surface area (Å²) in [5, 5.41) is 6.71. The van der Waals surface area contributed by atoms with Gasteiger partial charge in [0.1, 0.15) is 16.6 Å². The highest BCUT2D eigenvalue weighted by Crippen LogP contribution is 2.25. The molecule has 0 aliphatic carbocycles. The van der Waals surface area contributed by atoms with Crippen LogP contribution in [0, 0.1) is 12.7 Å². The predicted octanol–water partition coefficient (Wildman–Crippen LogP) is 3.81. The Bertz CT molecular complexity index is 1130. The summed E-state index contributed by atoms with van der Waals surface area (Å²) >= 11 is 1.27. The van der Waals surface area contributed by atoms with Gasteiger partial charge in [0.05, 0.1) is 16.8 Å². The second-order valence-electron chi connectivity index (χ2n) is 6.45. The third-order valence-electron chi connectivity index (χ3n) is 3.95. The Labute approximate surface area is 181 Å². The molecule has 0 unspecified atom stereocenters. The van der Waals surface area contributed by atoms with E-state index < -0.39 is 24.2 Å². The lowest BCUT2D eigenvalue weighted by molar-refractivity contribution is -0.114. The van der Waals surface area contributed by atoms with Crippen molar-refractivity contribution >= 4 is 35.1 Å². The van der Waals surface area contributed by atoms with Crippen LogP contribution in [-0.2, 0) is 15.3 Å². The Hall–Kier alpha value is -3.53. The second kappa shape index (κ2) is 9.98. The number of ether oxygens (including phenoxy) is 1. The summed E-state index contributed by atoms with van der Waals surface area (Å²) in [5.41, 5.74) is 0.852. The fourth-order valence-electron chi connectivity index (χ4n) is 2.60. The van der Waals surface area contributed by atoms with Crippen LogP contribution < -0.4 is 5.32 Å². The SMILES string of the molecule is CC(=O)Nc1ccc(C(=O)COC(=O)c2cccnc2SCc2cc(C)on2)c(F)c1. The summed E-state index contributed by atoms with van der Waals surface area (Å²) in [6.07, 6.45) is 1.53. The number of esters is 1. The van der Waals surface area contributed by atoms with Crippen molar-refractivity contribution in [2.75, 3.05) is 11.9 Å². The van der Waals surface area contributed by atoms with Crippen LogP contribution in [-0.4, -0.2) is 34.4 Å². The molecule has 0 saturated carbocycles. The number of hydrogen-bond acceptors (Lipinski definition) is 8. The van der Waals surface area contributed by atoms with Crippen molar-refractivity contribution in [1.82, 2.24) is 10.1 Å². The highest BCUT2D eigenvalue weighted by Gasteiger charge is 2.19. The van der Waals surface area contributed by atoms with E-state index in [1.165, 1.54) is 43.1 Å². The molecule has 3 aromatic rings. The summed E-state index contributed by atoms with van der Waals surface area (Å²) in [5.74, 6) is -1.55. The van der Waals surface area contributed by atoms with Crippen molar-refractivity contribution < 1.29 is 28.0 Å². The zero-order valence-corrected chi connectivity index (χ0v) is 17.5. The first kappa shape index (κ1) is 22.2. The number of pyridine rings is 1. The fraction of sp³-hybridized carbons (Fsp3) is 0.190. The summed E-state index contributed by atoms with van der Waals surface area (Å²) in [7, 11) is 0. The van der Waals surface area contributed by atoms with Gasteiger partial charge in [0.15, 0.2) is 6.61 Å². The molecule has 0 fully saturated rings. The van der Waals surface area contributed by atoms with E-state index >= 15 is 0 Å². The van der Waals surface area contributed by atoms with E-state index in [1.54, 1.807) is 19.1 Å². The summed E-state index contributed by atoms with van der Waals surface area (Å²) < 4.78 is 24.3. The first-order valence-electron chi connectivity index (χ1n) is 9.11. The number of carbonyl (C=O) groups excluding carboxylic acids is 3. The average Bonchev–Trinajstić information content (AvgIpc) is 3.15. The molecule has 2 aromatic heterocycles. The highest BCUT2D eigenvalue weighted by molar-refractivity contribution is 7.98. The average molecular weight is 443 g/mol. The van der Waals surface area contributed by atoms with Gasteiger partial charge in [-0.3, -0.25) is 9.59 Å². The predicted molar refractivity (Wildman–Crippen MR) is 110 cm³/mol. The number of Topliss-reactive ketones (excluding diaryl/α,β-unsaturated/α-hetero) is 1. The molecule has 160 valence electrons. The number of benzene rings is 1. The van der Waals surface area contributed by atoms with Gasteiger partial charge in [-0.1, -0.05) is 16.9 Å². The van der Waals surface area contributed by atoms with E-state index in [1.807, 2.05) is 0 Å². The molecule has 0 aliphatic rings. The van der Waals surface area contributed by atoms with Crippen molar-refractivity contribution in [3.05, 3.63) is 71.0 Å². The topological polar surface area (TPSA) is 111 Å². The Morgan fingerprint density at radius 2 is 2.00 bits per heavy atom. The Morgan fingerprint density at radius 3 is 2.68 bits per heavy atom. The van der Waals surface area contributed by atoms with E-state index in [9.17, 15) is 18.8 Å². The summed E-state index contributed by atoms with van der Waals surface area (Å²) in [6.45, 7) is 2.42. The number of thioether (sulfide) groups is 1.